The van der Waals surface area contributed by atoms with E-state index in [1.54, 1.807) is 0 Å². The number of nitrogens with one attached hydrogen (secondary N) is 1. The minimum Gasteiger partial charge on any atom is -0.337 e. The van der Waals surface area contributed by atoms with Crippen molar-refractivity contribution in [3.05, 3.63) is 0 Å². The molecule has 1 N–H and O–H groups in total. The van der Waals surface area contributed by atoms with Crippen LogP contribution in [0, 0.1) is 0 Å². The molecule has 0 aromatic rings. The molecule has 1 amide bonds. The molecule has 1 saturated carbocycles. The largest absolute Gasteiger partial charge is 0.337 e. The highest BCUT2D eigenvalue weighted by Gasteiger charge is 2.33. The molecule has 4 heteroatoms. The van der Waals surface area contributed by atoms with Gasteiger partial charge in [-0.3, -0.25) is 9.69 Å². The van der Waals surface area contributed by atoms with Crippen LogP contribution in [0.3, 0.4) is 0 Å². The van der Waals surface area contributed by atoms with Crippen LogP contribution in [0.2, 0.25) is 0 Å². The van der Waals surface area contributed by atoms with E-state index >= 15 is 0 Å². The zero-order valence-corrected chi connectivity index (χ0v) is 11.8. The van der Waals surface area contributed by atoms with E-state index in [1.807, 2.05) is 7.05 Å². The summed E-state index contributed by atoms with van der Waals surface area (Å²) in [7, 11) is 4.07. The summed E-state index contributed by atoms with van der Waals surface area (Å²) in [5, 5.41) is 3.21. The van der Waals surface area contributed by atoms with Gasteiger partial charge in [-0.05, 0) is 39.9 Å². The van der Waals surface area contributed by atoms with Gasteiger partial charge in [0.15, 0.2) is 0 Å². The van der Waals surface area contributed by atoms with Crippen LogP contribution < -0.4 is 5.32 Å². The Balaban J connectivity index is 1.94. The molecule has 1 unspecified atom stereocenters. The van der Waals surface area contributed by atoms with Crippen LogP contribution in [0.15, 0.2) is 0 Å². The Kier molecular flexibility index (Phi) is 5.01. The highest BCUT2D eigenvalue weighted by molar-refractivity contribution is 5.79. The lowest BCUT2D eigenvalue weighted by atomic mass is 9.92. The van der Waals surface area contributed by atoms with Crippen molar-refractivity contribution in [3.63, 3.8) is 0 Å². The van der Waals surface area contributed by atoms with Crippen LogP contribution in [0.4, 0.5) is 0 Å². The predicted octanol–water partition coefficient (Wildman–Crippen LogP) is 1.07. The number of carbonyl (C=O) groups excluding carboxylic acids is 1. The zero-order valence-electron chi connectivity index (χ0n) is 11.8. The highest BCUT2D eigenvalue weighted by atomic mass is 16.2. The quantitative estimate of drug-likeness (QED) is 0.814. The molecule has 1 aliphatic carbocycles. The second-order valence-corrected chi connectivity index (χ2v) is 5.80. The minimum atomic E-state index is 0.338. The maximum Gasteiger partial charge on any atom is 0.237 e. The first-order valence-corrected chi connectivity index (χ1v) is 7.36. The topological polar surface area (TPSA) is 35.6 Å². The Morgan fingerprint density at radius 3 is 2.67 bits per heavy atom. The Bertz CT molecular complexity index is 276. The van der Waals surface area contributed by atoms with Crippen molar-refractivity contribution >= 4 is 5.91 Å². The molecule has 1 aliphatic heterocycles. The number of rotatable bonds is 4. The Hall–Kier alpha value is -0.610. The average molecular weight is 253 g/mol. The number of nitrogens with zero attached hydrogens (tertiary/aromatic N) is 2. The summed E-state index contributed by atoms with van der Waals surface area (Å²) in [5.74, 6) is 0.338. The van der Waals surface area contributed by atoms with Crippen molar-refractivity contribution in [1.29, 1.82) is 0 Å². The van der Waals surface area contributed by atoms with E-state index in [4.69, 9.17) is 0 Å². The maximum atomic E-state index is 12.2. The van der Waals surface area contributed by atoms with E-state index in [9.17, 15) is 4.79 Å². The van der Waals surface area contributed by atoms with E-state index in [0.717, 1.165) is 19.5 Å². The number of hydrogen-bond acceptors (Lipinski definition) is 3. The van der Waals surface area contributed by atoms with Crippen molar-refractivity contribution in [1.82, 2.24) is 15.1 Å². The number of carbonyl (C=O) groups is 1. The molecule has 4 nitrogen and oxygen atoms in total. The van der Waals surface area contributed by atoms with Crippen LogP contribution in [0.5, 0.6) is 0 Å². The van der Waals surface area contributed by atoms with Gasteiger partial charge in [-0.15, -0.1) is 0 Å². The fourth-order valence-electron chi connectivity index (χ4n) is 3.27. The first-order valence-electron chi connectivity index (χ1n) is 7.36. The summed E-state index contributed by atoms with van der Waals surface area (Å²) in [6, 6.07) is 1.05. The Morgan fingerprint density at radius 2 is 2.00 bits per heavy atom. The lowest BCUT2D eigenvalue weighted by Gasteiger charge is -2.44. The second kappa shape index (κ2) is 6.53. The van der Waals surface area contributed by atoms with Crippen LogP contribution in [0.1, 0.15) is 38.5 Å². The van der Waals surface area contributed by atoms with Crippen LogP contribution in [0.25, 0.3) is 0 Å². The summed E-state index contributed by atoms with van der Waals surface area (Å²) in [6.45, 7) is 2.56. The molecule has 0 radical (unpaired) electrons. The SMILES string of the molecule is CNCCC1CN(C2CCCCC2)C(=O)CN1C. The van der Waals surface area contributed by atoms with Gasteiger partial charge in [0.05, 0.1) is 6.54 Å². The molecular formula is C14H27N3O. The van der Waals surface area contributed by atoms with E-state index in [2.05, 4.69) is 22.2 Å². The van der Waals surface area contributed by atoms with Crippen LogP contribution >= 0.6 is 0 Å². The summed E-state index contributed by atoms with van der Waals surface area (Å²) < 4.78 is 0. The number of likely N-dealkylation sites (N-methyl/N-ethyl adjacent to an activating group) is 1. The van der Waals surface area contributed by atoms with Gasteiger partial charge in [-0.2, -0.15) is 0 Å². The van der Waals surface area contributed by atoms with Crippen molar-refractivity contribution in [2.45, 2.75) is 50.6 Å². The van der Waals surface area contributed by atoms with Gasteiger partial charge in [-0.25, -0.2) is 0 Å². The fourth-order valence-corrected chi connectivity index (χ4v) is 3.27. The Morgan fingerprint density at radius 1 is 1.28 bits per heavy atom. The van der Waals surface area contributed by atoms with E-state index in [0.29, 0.717) is 24.5 Å². The van der Waals surface area contributed by atoms with Gasteiger partial charge >= 0.3 is 0 Å². The number of amides is 1. The smallest absolute Gasteiger partial charge is 0.237 e. The van der Waals surface area contributed by atoms with Crippen molar-refractivity contribution < 1.29 is 4.79 Å². The van der Waals surface area contributed by atoms with Crippen LogP contribution in [-0.2, 0) is 4.79 Å². The van der Waals surface area contributed by atoms with Gasteiger partial charge in [0.2, 0.25) is 5.91 Å². The van der Waals surface area contributed by atoms with Crippen molar-refractivity contribution in [2.75, 3.05) is 33.7 Å². The maximum absolute atomic E-state index is 12.2. The van der Waals surface area contributed by atoms with Crippen molar-refractivity contribution in [2.24, 2.45) is 0 Å². The van der Waals surface area contributed by atoms with Gasteiger partial charge in [0.25, 0.3) is 0 Å². The standard InChI is InChI=1S/C14H27N3O/c1-15-9-8-13-10-17(14(18)11-16(13)2)12-6-4-3-5-7-12/h12-13,15H,3-11H2,1-2H3. The molecule has 1 saturated heterocycles. The third-order valence-electron chi connectivity index (χ3n) is 4.48. The molecule has 2 aliphatic rings. The summed E-state index contributed by atoms with van der Waals surface area (Å²) in [5.41, 5.74) is 0. The Labute approximate surface area is 111 Å². The van der Waals surface area contributed by atoms with Gasteiger partial charge in [0.1, 0.15) is 0 Å². The molecule has 2 rings (SSSR count). The van der Waals surface area contributed by atoms with Gasteiger partial charge in [-0.1, -0.05) is 19.3 Å². The molecule has 0 aromatic carbocycles. The van der Waals surface area contributed by atoms with E-state index in [1.165, 1.54) is 32.1 Å². The molecular weight excluding hydrogens is 226 g/mol. The lowest BCUT2D eigenvalue weighted by molar-refractivity contribution is -0.141. The van der Waals surface area contributed by atoms with Crippen molar-refractivity contribution in [3.8, 4) is 0 Å². The van der Waals surface area contributed by atoms with Gasteiger partial charge < -0.3 is 10.2 Å². The van der Waals surface area contributed by atoms with E-state index in [-0.39, 0.29) is 0 Å². The molecule has 0 bridgehead atoms. The molecule has 0 spiro atoms. The minimum absolute atomic E-state index is 0.338. The summed E-state index contributed by atoms with van der Waals surface area (Å²) in [6.07, 6.45) is 7.50. The zero-order chi connectivity index (χ0) is 13.0. The molecule has 104 valence electrons. The molecule has 18 heavy (non-hydrogen) atoms. The lowest BCUT2D eigenvalue weighted by Crippen LogP contribution is -2.58. The second-order valence-electron chi connectivity index (χ2n) is 5.80. The normalized spacial score (nSPS) is 27.8. The monoisotopic (exact) mass is 253 g/mol. The third kappa shape index (κ3) is 3.23. The molecule has 1 heterocycles. The molecule has 2 fully saturated rings. The number of piperazine rings is 1. The van der Waals surface area contributed by atoms with Gasteiger partial charge in [0, 0.05) is 18.6 Å². The predicted molar refractivity (Wildman–Crippen MR) is 73.5 cm³/mol. The summed E-state index contributed by atoms with van der Waals surface area (Å²) in [4.78, 5) is 16.6. The molecule has 1 atom stereocenters. The third-order valence-corrected chi connectivity index (χ3v) is 4.48. The molecule has 0 aromatic heterocycles. The first-order chi connectivity index (χ1) is 8.72. The van der Waals surface area contributed by atoms with E-state index < -0.39 is 0 Å². The first kappa shape index (κ1) is 13.8. The van der Waals surface area contributed by atoms with Crippen LogP contribution in [-0.4, -0.2) is 61.5 Å². The number of hydrogen-bond donors (Lipinski definition) is 1. The highest BCUT2D eigenvalue weighted by Crippen LogP contribution is 2.25. The average Bonchev–Trinajstić information content (AvgIpc) is 2.39. The summed E-state index contributed by atoms with van der Waals surface area (Å²) >= 11 is 0. The fraction of sp³-hybridized carbons (Fsp3) is 0.929.